The molecule has 1 saturated heterocycles. The van der Waals surface area contributed by atoms with Crippen LogP contribution < -0.4 is 25.0 Å². The maximum Gasteiger partial charge on any atom is 0.297 e. The van der Waals surface area contributed by atoms with Gasteiger partial charge in [0.25, 0.3) is 6.01 Å². The number of carbonyl (C=O) groups is 3. The fourth-order valence-corrected chi connectivity index (χ4v) is 6.16. The van der Waals surface area contributed by atoms with Crippen LogP contribution in [0.3, 0.4) is 0 Å². The average molecular weight is 683 g/mol. The number of rotatable bonds is 12. The number of halogens is 2. The first-order valence-electron chi connectivity index (χ1n) is 15.2. The van der Waals surface area contributed by atoms with E-state index in [-0.39, 0.29) is 48.4 Å². The van der Waals surface area contributed by atoms with E-state index in [2.05, 4.69) is 20.6 Å². The molecule has 5 rings (SSSR count). The zero-order chi connectivity index (χ0) is 33.5. The number of carbonyl (C=O) groups excluding carboxylic acids is 3. The molecule has 12 nitrogen and oxygen atoms in total. The van der Waals surface area contributed by atoms with E-state index in [1.165, 1.54) is 4.90 Å². The van der Waals surface area contributed by atoms with E-state index in [1.807, 2.05) is 39.8 Å². The molecule has 1 fully saturated rings. The normalized spacial score (nSPS) is 13.7. The van der Waals surface area contributed by atoms with Crippen molar-refractivity contribution in [1.29, 1.82) is 0 Å². The van der Waals surface area contributed by atoms with Gasteiger partial charge in [-0.3, -0.25) is 28.8 Å². The third kappa shape index (κ3) is 7.95. The monoisotopic (exact) mass is 681 g/mol. The van der Waals surface area contributed by atoms with Gasteiger partial charge < -0.3 is 25.0 Å². The van der Waals surface area contributed by atoms with Crippen LogP contribution in [-0.4, -0.2) is 84.5 Å². The Balaban J connectivity index is 1.22. The maximum atomic E-state index is 13.1. The molecule has 14 heteroatoms. The lowest BCUT2D eigenvalue weighted by Gasteiger charge is -2.30. The Labute approximate surface area is 282 Å². The summed E-state index contributed by atoms with van der Waals surface area (Å²) < 4.78 is 13.7. The number of nitrogens with zero attached hydrogens (tertiary/aromatic N) is 5. The minimum absolute atomic E-state index is 0.00934. The third-order valence-electron chi connectivity index (χ3n) is 8.22. The Hall–Kier alpha value is -4.39. The van der Waals surface area contributed by atoms with Crippen molar-refractivity contribution in [2.24, 2.45) is 5.92 Å². The molecule has 0 saturated carbocycles. The lowest BCUT2D eigenvalue weighted by Crippen LogP contribution is -2.46. The summed E-state index contributed by atoms with van der Waals surface area (Å²) in [6.45, 7) is 1.69. The molecule has 47 heavy (non-hydrogen) atoms. The number of aromatic nitrogens is 3. The number of hydrogen-bond donors (Lipinski definition) is 2. The van der Waals surface area contributed by atoms with E-state index in [1.54, 1.807) is 45.6 Å². The Morgan fingerprint density at radius 2 is 1.85 bits per heavy atom. The number of fused-ring (bicyclic) bond motifs is 1. The predicted octanol–water partition coefficient (Wildman–Crippen LogP) is 3.91. The molecule has 0 radical (unpaired) electrons. The first kappa shape index (κ1) is 34.0. The number of piperidine rings is 1. The van der Waals surface area contributed by atoms with Crippen molar-refractivity contribution >= 4 is 57.6 Å². The van der Waals surface area contributed by atoms with Crippen molar-refractivity contribution in [3.8, 4) is 11.8 Å². The molecule has 248 valence electrons. The fraction of sp³-hybridized carbons (Fsp3) is 0.364. The molecule has 1 aliphatic heterocycles. The van der Waals surface area contributed by atoms with Crippen LogP contribution in [0, 0.1) is 5.92 Å². The minimum atomic E-state index is -0.358. The first-order valence-corrected chi connectivity index (χ1v) is 16.0. The van der Waals surface area contributed by atoms with Gasteiger partial charge in [0.1, 0.15) is 17.9 Å². The Kier molecular flexibility index (Phi) is 11.2. The molecule has 2 aromatic heterocycles. The molecular weight excluding hydrogens is 645 g/mol. The predicted molar refractivity (Wildman–Crippen MR) is 180 cm³/mol. The van der Waals surface area contributed by atoms with Crippen molar-refractivity contribution in [2.45, 2.75) is 26.0 Å². The van der Waals surface area contributed by atoms with Gasteiger partial charge in [-0.05, 0) is 62.3 Å². The highest BCUT2D eigenvalue weighted by atomic mass is 35.5. The average Bonchev–Trinajstić information content (AvgIpc) is 3.45. The minimum Gasteiger partial charge on any atom is -0.486 e. The summed E-state index contributed by atoms with van der Waals surface area (Å²) in [6.07, 6.45) is 3.11. The number of likely N-dealkylation sites (N-methyl/N-ethyl adjacent to an activating group) is 1. The Morgan fingerprint density at radius 1 is 1.06 bits per heavy atom. The van der Waals surface area contributed by atoms with E-state index < -0.39 is 0 Å². The van der Waals surface area contributed by atoms with E-state index in [4.69, 9.17) is 32.7 Å². The van der Waals surface area contributed by atoms with Crippen LogP contribution in [0.1, 0.15) is 24.1 Å². The van der Waals surface area contributed by atoms with Gasteiger partial charge in [0.15, 0.2) is 0 Å². The molecule has 1 aliphatic rings. The zero-order valence-corrected chi connectivity index (χ0v) is 28.0. The van der Waals surface area contributed by atoms with E-state index in [9.17, 15) is 14.4 Å². The zero-order valence-electron chi connectivity index (χ0n) is 26.5. The fourth-order valence-electron chi connectivity index (χ4n) is 5.55. The summed E-state index contributed by atoms with van der Waals surface area (Å²) >= 11 is 13.3. The van der Waals surface area contributed by atoms with Crippen LogP contribution in [0.25, 0.3) is 11.0 Å². The number of nitrogens with one attached hydrogen (secondary N) is 2. The molecular formula is C33H37Cl2N7O5. The van der Waals surface area contributed by atoms with Crippen LogP contribution in [0.5, 0.6) is 11.8 Å². The maximum absolute atomic E-state index is 13.1. The molecule has 0 unspecified atom stereocenters. The second kappa shape index (κ2) is 15.5. The number of pyridine rings is 1. The number of para-hydroxylation sites is 1. The van der Waals surface area contributed by atoms with E-state index >= 15 is 0 Å². The van der Waals surface area contributed by atoms with Gasteiger partial charge in [0, 0.05) is 36.8 Å². The van der Waals surface area contributed by atoms with Crippen LogP contribution in [0.15, 0.2) is 54.7 Å². The van der Waals surface area contributed by atoms with Gasteiger partial charge >= 0.3 is 0 Å². The molecule has 0 aliphatic carbocycles. The second-order valence-electron chi connectivity index (χ2n) is 11.2. The molecule has 2 N–H and O–H groups in total. The van der Waals surface area contributed by atoms with Crippen molar-refractivity contribution in [2.75, 3.05) is 52.3 Å². The summed E-state index contributed by atoms with van der Waals surface area (Å²) in [4.78, 5) is 49.9. The SMILES string of the molecule is CNC(=O)C1CCN(CC(=O)NCC(=O)N(C)c2ccc(Cl)c(COc3cccc4c3nc(OC)n4Cc3ccccn3)c2Cl)CC1. The largest absolute Gasteiger partial charge is 0.486 e. The molecule has 2 aromatic carbocycles. The number of likely N-dealkylation sites (tertiary alicyclic amines) is 1. The standard InChI is InChI=1S/C33H37Cl2N7O5/c1-36-32(45)21-12-15-41(16-13-21)19-28(43)38-17-29(44)40(2)25-11-10-24(34)23(30(25)35)20-47-27-9-6-8-26-31(27)39-33(46-3)42(26)18-22-7-4-5-14-37-22/h4-11,14,21H,12-13,15-20H2,1-3H3,(H,36,45)(H,38,43). The van der Waals surface area contributed by atoms with Gasteiger partial charge in [-0.25, -0.2) is 0 Å². The van der Waals surface area contributed by atoms with Crippen molar-refractivity contribution < 1.29 is 23.9 Å². The number of amides is 3. The summed E-state index contributed by atoms with van der Waals surface area (Å²) in [5.74, 6) is -0.131. The smallest absolute Gasteiger partial charge is 0.297 e. The summed E-state index contributed by atoms with van der Waals surface area (Å²) in [5, 5.41) is 6.00. The molecule has 0 atom stereocenters. The van der Waals surface area contributed by atoms with Crippen molar-refractivity contribution in [3.05, 3.63) is 76.0 Å². The van der Waals surface area contributed by atoms with Crippen molar-refractivity contribution in [1.82, 2.24) is 30.1 Å². The van der Waals surface area contributed by atoms with Gasteiger partial charge in [-0.2, -0.15) is 4.98 Å². The Bertz CT molecular complexity index is 1740. The van der Waals surface area contributed by atoms with Gasteiger partial charge in [0.05, 0.1) is 48.7 Å². The number of methoxy groups -OCH3 is 1. The quantitative estimate of drug-likeness (QED) is 0.230. The number of anilines is 1. The van der Waals surface area contributed by atoms with Gasteiger partial charge in [0.2, 0.25) is 17.7 Å². The molecule has 4 aromatic rings. The van der Waals surface area contributed by atoms with Crippen molar-refractivity contribution in [3.63, 3.8) is 0 Å². The highest BCUT2D eigenvalue weighted by molar-refractivity contribution is 6.38. The number of ether oxygens (including phenoxy) is 2. The second-order valence-corrected chi connectivity index (χ2v) is 12.0. The van der Waals surface area contributed by atoms with Gasteiger partial charge in [-0.15, -0.1) is 0 Å². The van der Waals surface area contributed by atoms with E-state index in [0.29, 0.717) is 66.0 Å². The third-order valence-corrected chi connectivity index (χ3v) is 8.99. The number of hydrogen-bond acceptors (Lipinski definition) is 8. The van der Waals surface area contributed by atoms with E-state index in [0.717, 1.165) is 11.2 Å². The van der Waals surface area contributed by atoms with Crippen LogP contribution >= 0.6 is 23.2 Å². The van der Waals surface area contributed by atoms with Crippen LogP contribution in [0.4, 0.5) is 5.69 Å². The molecule has 3 amide bonds. The number of benzene rings is 2. The van der Waals surface area contributed by atoms with Crippen LogP contribution in [0.2, 0.25) is 10.0 Å². The van der Waals surface area contributed by atoms with Crippen LogP contribution in [-0.2, 0) is 27.5 Å². The first-order chi connectivity index (χ1) is 22.7. The number of imidazole rings is 1. The Morgan fingerprint density at radius 3 is 2.55 bits per heavy atom. The lowest BCUT2D eigenvalue weighted by atomic mass is 9.96. The topological polar surface area (TPSA) is 131 Å². The lowest BCUT2D eigenvalue weighted by molar-refractivity contribution is -0.127. The summed E-state index contributed by atoms with van der Waals surface area (Å²) in [5.41, 5.74) is 3.17. The summed E-state index contributed by atoms with van der Waals surface area (Å²) in [7, 11) is 4.77. The highest BCUT2D eigenvalue weighted by Gasteiger charge is 2.26. The molecule has 0 spiro atoms. The van der Waals surface area contributed by atoms with Gasteiger partial charge in [-0.1, -0.05) is 35.3 Å². The molecule has 3 heterocycles. The molecule has 0 bridgehead atoms. The highest BCUT2D eigenvalue weighted by Crippen LogP contribution is 2.36. The summed E-state index contributed by atoms with van der Waals surface area (Å²) in [6, 6.07) is 15.0.